The largest absolute Gasteiger partial charge is 0.0901 e. The normalized spacial score (nSPS) is 13.4. The molecule has 4 aromatic carbocycles. The predicted molar refractivity (Wildman–Crippen MR) is 124 cm³/mol. The van der Waals surface area contributed by atoms with E-state index in [-0.39, 0.29) is 5.92 Å². The summed E-state index contributed by atoms with van der Waals surface area (Å²) in [4.78, 5) is 2.53. The van der Waals surface area contributed by atoms with Gasteiger partial charge in [-0.15, -0.1) is 0 Å². The Labute approximate surface area is 192 Å². The van der Waals surface area contributed by atoms with Gasteiger partial charge in [0.15, 0.2) is 0 Å². The summed E-state index contributed by atoms with van der Waals surface area (Å²) >= 11 is 1.81. The van der Waals surface area contributed by atoms with Crippen molar-refractivity contribution in [3.05, 3.63) is 132 Å². The smallest absolute Gasteiger partial charge is 0.0340 e. The number of halogens is 6. The molecule has 0 heterocycles. The third-order valence-corrected chi connectivity index (χ3v) is 5.43. The topological polar surface area (TPSA) is 0 Å². The van der Waals surface area contributed by atoms with Crippen LogP contribution in [0, 0.1) is 0 Å². The summed E-state index contributed by atoms with van der Waals surface area (Å²) in [5.74, 6) is 0.244. The first-order valence-corrected chi connectivity index (χ1v) is 12.7. The fourth-order valence-corrected chi connectivity index (χ4v) is 4.16. The van der Waals surface area contributed by atoms with Crippen LogP contribution in [0.25, 0.3) is 0 Å². The van der Waals surface area contributed by atoms with Crippen molar-refractivity contribution in [2.45, 2.75) is 15.7 Å². The molecule has 0 aliphatic heterocycles. The van der Waals surface area contributed by atoms with E-state index in [0.29, 0.717) is 0 Å². The summed E-state index contributed by atoms with van der Waals surface area (Å²) in [5.41, 5.74) is 3.96. The molecular weight excluding hydrogens is 477 g/mol. The van der Waals surface area contributed by atoms with Gasteiger partial charge in [-0.3, -0.25) is 0 Å². The molecule has 174 valence electrons. The van der Waals surface area contributed by atoms with E-state index in [1.807, 2.05) is 11.8 Å². The Morgan fingerprint density at radius 1 is 0.455 bits per heavy atom. The van der Waals surface area contributed by atoms with E-state index in [0.717, 1.165) is 0 Å². The summed E-state index contributed by atoms with van der Waals surface area (Å²) in [5, 5.41) is 0. The fraction of sp³-hybridized carbons (Fsp3) is 0.0400. The van der Waals surface area contributed by atoms with Gasteiger partial charge in [0, 0.05) is 15.7 Å². The maximum Gasteiger partial charge on any atom is 0.0340 e. The van der Waals surface area contributed by atoms with Crippen molar-refractivity contribution in [2.24, 2.45) is 0 Å². The van der Waals surface area contributed by atoms with Gasteiger partial charge in [-0.2, -0.15) is 0 Å². The molecule has 0 bridgehead atoms. The second-order valence-corrected chi connectivity index (χ2v) is 10.3. The van der Waals surface area contributed by atoms with Crippen molar-refractivity contribution in [3.63, 3.8) is 0 Å². The van der Waals surface area contributed by atoms with Crippen molar-refractivity contribution in [3.8, 4) is 0 Å². The van der Waals surface area contributed by atoms with Crippen molar-refractivity contribution in [1.82, 2.24) is 0 Å². The van der Waals surface area contributed by atoms with E-state index in [4.69, 9.17) is 0 Å². The van der Waals surface area contributed by atoms with Gasteiger partial charge >= 0.3 is 33.0 Å². The molecule has 0 fully saturated rings. The predicted octanol–water partition coefficient (Wildman–Crippen LogP) is 10.4. The molecule has 8 heteroatoms. The Bertz CT molecular complexity index is 1120. The summed E-state index contributed by atoms with van der Waals surface area (Å²) in [6.45, 7) is 0. The van der Waals surface area contributed by atoms with Gasteiger partial charge in [-0.05, 0) is 41.0 Å². The second kappa shape index (κ2) is 9.24. The Hall–Kier alpha value is -2.76. The van der Waals surface area contributed by atoms with E-state index in [1.54, 1.807) is 0 Å². The summed E-state index contributed by atoms with van der Waals surface area (Å²) < 4.78 is 59.2. The Morgan fingerprint density at radius 3 is 1.27 bits per heavy atom. The van der Waals surface area contributed by atoms with Gasteiger partial charge in [0.25, 0.3) is 0 Å². The quantitative estimate of drug-likeness (QED) is 0.150. The van der Waals surface area contributed by atoms with Crippen LogP contribution in [0.2, 0.25) is 0 Å². The number of hydrogen-bond acceptors (Lipinski definition) is 1. The van der Waals surface area contributed by atoms with Crippen LogP contribution in [0.4, 0.5) is 25.2 Å². The SMILES string of the molecule is F[P-](F)(F)(F)(F)F.c1ccc(Sc2cccc(C(c3ccccc3)c3ccccc3)c2)cc1. The van der Waals surface area contributed by atoms with Gasteiger partial charge in [0.05, 0.1) is 0 Å². The molecule has 0 atom stereocenters. The minimum Gasteiger partial charge on any atom is -0.0901 e. The summed E-state index contributed by atoms with van der Waals surface area (Å²) in [6.07, 6.45) is 0. The zero-order chi connectivity index (χ0) is 24.0. The van der Waals surface area contributed by atoms with Gasteiger partial charge < -0.3 is 0 Å². The van der Waals surface area contributed by atoms with Crippen LogP contribution in [0.5, 0.6) is 0 Å². The molecule has 0 aliphatic rings. The molecule has 0 radical (unpaired) electrons. The number of rotatable bonds is 5. The Kier molecular flexibility index (Phi) is 6.96. The standard InChI is InChI=1S/C25H20S.F6P/c1-4-11-20(12-5-1)25(21-13-6-2-7-14-21)22-15-10-18-24(19-22)26-23-16-8-3-9-17-23;1-7(2,3,4,5)6/h1-19,25H;/q;-1. The molecule has 0 N–H and O–H groups in total. The van der Waals surface area contributed by atoms with Gasteiger partial charge in [-0.25, -0.2) is 0 Å². The van der Waals surface area contributed by atoms with E-state index < -0.39 is 7.81 Å². The van der Waals surface area contributed by atoms with Crippen molar-refractivity contribution in [1.29, 1.82) is 0 Å². The Balaban J connectivity index is 0.000000383. The van der Waals surface area contributed by atoms with Crippen LogP contribution < -0.4 is 0 Å². The zero-order valence-corrected chi connectivity index (χ0v) is 18.9. The first kappa shape index (κ1) is 24.9. The average Bonchev–Trinajstić information content (AvgIpc) is 2.74. The summed E-state index contributed by atoms with van der Waals surface area (Å²) in [6, 6.07) is 41.0. The van der Waals surface area contributed by atoms with Gasteiger partial charge in [0.1, 0.15) is 0 Å². The van der Waals surface area contributed by atoms with E-state index in [9.17, 15) is 25.2 Å². The second-order valence-electron chi connectivity index (χ2n) is 7.20. The Morgan fingerprint density at radius 2 is 0.818 bits per heavy atom. The molecule has 0 saturated carbocycles. The maximum absolute atomic E-state index is 10.7. The molecule has 0 amide bonds. The molecule has 0 aliphatic carbocycles. The zero-order valence-electron chi connectivity index (χ0n) is 17.2. The molecule has 4 aromatic rings. The monoisotopic (exact) mass is 497 g/mol. The molecule has 0 unspecified atom stereocenters. The first-order valence-electron chi connectivity index (χ1n) is 9.84. The van der Waals surface area contributed by atoms with Gasteiger partial charge in [-0.1, -0.05) is 103 Å². The molecule has 4 rings (SSSR count). The molecule has 33 heavy (non-hydrogen) atoms. The van der Waals surface area contributed by atoms with Gasteiger partial charge in [0.2, 0.25) is 0 Å². The van der Waals surface area contributed by atoms with E-state index >= 15 is 0 Å². The van der Waals surface area contributed by atoms with Crippen molar-refractivity contribution >= 4 is 19.6 Å². The molecule has 0 aromatic heterocycles. The molecule has 0 nitrogen and oxygen atoms in total. The average molecular weight is 497 g/mol. The van der Waals surface area contributed by atoms with Crippen LogP contribution >= 0.6 is 19.6 Å². The van der Waals surface area contributed by atoms with Crippen molar-refractivity contribution in [2.75, 3.05) is 0 Å². The maximum atomic E-state index is 9.87. The van der Waals surface area contributed by atoms with Crippen LogP contribution in [0.1, 0.15) is 22.6 Å². The first-order chi connectivity index (χ1) is 15.3. The van der Waals surface area contributed by atoms with Crippen LogP contribution in [-0.4, -0.2) is 0 Å². The fourth-order valence-electron chi connectivity index (χ4n) is 3.25. The summed E-state index contributed by atoms with van der Waals surface area (Å²) in [7, 11) is -10.7. The minimum atomic E-state index is -10.7. The van der Waals surface area contributed by atoms with E-state index in [1.165, 1.54) is 26.5 Å². The molecule has 0 saturated heterocycles. The van der Waals surface area contributed by atoms with Crippen molar-refractivity contribution < 1.29 is 25.2 Å². The minimum absolute atomic E-state index is 0.244. The van der Waals surface area contributed by atoms with Crippen LogP contribution in [0.3, 0.4) is 0 Å². The molecular formula is C25H20F6PS-. The third-order valence-electron chi connectivity index (χ3n) is 4.44. The number of hydrogen-bond donors (Lipinski definition) is 0. The van der Waals surface area contributed by atoms with Crippen LogP contribution in [-0.2, 0) is 0 Å². The molecule has 0 spiro atoms. The third kappa shape index (κ3) is 9.72. The van der Waals surface area contributed by atoms with E-state index in [2.05, 4.69) is 115 Å². The number of benzene rings is 4. The van der Waals surface area contributed by atoms with Crippen LogP contribution in [0.15, 0.2) is 125 Å².